The molecule has 1 aliphatic rings. The molecule has 2 aromatic rings. The molecule has 2 amide bonds. The molecule has 6 nitrogen and oxygen atoms in total. The zero-order chi connectivity index (χ0) is 17.8. The van der Waals surface area contributed by atoms with Crippen molar-refractivity contribution in [2.45, 2.75) is 38.3 Å². The predicted octanol–water partition coefficient (Wildman–Crippen LogP) is 2.74. The third-order valence-corrected chi connectivity index (χ3v) is 4.99. The van der Waals surface area contributed by atoms with Gasteiger partial charge in [-0.05, 0) is 37.5 Å². The minimum atomic E-state index is -0.278. The molecule has 25 heavy (non-hydrogen) atoms. The largest absolute Gasteiger partial charge is 0.393 e. The van der Waals surface area contributed by atoms with Crippen LogP contribution >= 0.6 is 0 Å². The average Bonchev–Trinajstić information content (AvgIpc) is 3.27. The maximum Gasteiger partial charge on any atom is 0.317 e. The quantitative estimate of drug-likeness (QED) is 0.878. The summed E-state index contributed by atoms with van der Waals surface area (Å²) in [7, 11) is 1.79. The molecule has 1 aromatic heterocycles. The average molecular weight is 342 g/mol. The first-order valence-corrected chi connectivity index (χ1v) is 8.82. The van der Waals surface area contributed by atoms with Crippen LogP contribution in [0.4, 0.5) is 4.79 Å². The van der Waals surface area contributed by atoms with Gasteiger partial charge < -0.3 is 19.9 Å². The van der Waals surface area contributed by atoms with Crippen LogP contribution in [0.5, 0.6) is 0 Å². The third-order valence-electron chi connectivity index (χ3n) is 4.99. The number of carbonyl (C=O) groups is 1. The van der Waals surface area contributed by atoms with Gasteiger partial charge in [0.2, 0.25) is 0 Å². The fraction of sp³-hybridized carbons (Fsp3) is 0.474. The van der Waals surface area contributed by atoms with E-state index in [2.05, 4.69) is 10.3 Å². The molecule has 134 valence electrons. The van der Waals surface area contributed by atoms with Gasteiger partial charge in [0.15, 0.2) is 0 Å². The normalized spacial score (nSPS) is 21.1. The zero-order valence-electron chi connectivity index (χ0n) is 14.8. The van der Waals surface area contributed by atoms with E-state index in [1.807, 2.05) is 42.0 Å². The molecule has 1 aliphatic carbocycles. The Labute approximate surface area is 148 Å². The van der Waals surface area contributed by atoms with Gasteiger partial charge in [-0.3, -0.25) is 0 Å². The Kier molecular flexibility index (Phi) is 5.38. The number of aromatic nitrogens is 2. The minimum Gasteiger partial charge on any atom is -0.393 e. The molecule has 0 saturated heterocycles. The number of hydrogen-bond acceptors (Lipinski definition) is 3. The van der Waals surface area contributed by atoms with Gasteiger partial charge in [-0.2, -0.15) is 0 Å². The minimum absolute atomic E-state index is 0.105. The number of rotatable bonds is 5. The number of aliphatic hydroxyl groups excluding tert-OH is 1. The molecule has 1 fully saturated rings. The maximum atomic E-state index is 12.5. The van der Waals surface area contributed by atoms with Crippen LogP contribution in [0.15, 0.2) is 43.0 Å². The first-order chi connectivity index (χ1) is 12.0. The number of nitrogens with one attached hydrogen (secondary N) is 1. The van der Waals surface area contributed by atoms with Crippen LogP contribution in [0.2, 0.25) is 0 Å². The molecule has 1 heterocycles. The van der Waals surface area contributed by atoms with Gasteiger partial charge in [0.1, 0.15) is 0 Å². The Morgan fingerprint density at radius 3 is 3.00 bits per heavy atom. The summed E-state index contributed by atoms with van der Waals surface area (Å²) in [5.41, 5.74) is 2.05. The number of aliphatic hydroxyl groups is 1. The van der Waals surface area contributed by atoms with Crippen LogP contribution in [0, 0.1) is 5.92 Å². The molecule has 2 N–H and O–H groups in total. The van der Waals surface area contributed by atoms with Crippen LogP contribution in [-0.4, -0.2) is 45.3 Å². The Morgan fingerprint density at radius 1 is 1.48 bits per heavy atom. The summed E-state index contributed by atoms with van der Waals surface area (Å²) >= 11 is 0. The summed E-state index contributed by atoms with van der Waals surface area (Å²) in [5.74, 6) is 0.190. The van der Waals surface area contributed by atoms with E-state index in [0.717, 1.165) is 30.5 Å². The van der Waals surface area contributed by atoms with Gasteiger partial charge in [-0.1, -0.05) is 18.6 Å². The van der Waals surface area contributed by atoms with E-state index in [0.29, 0.717) is 6.54 Å². The van der Waals surface area contributed by atoms with Crippen molar-refractivity contribution in [3.05, 3.63) is 48.5 Å². The van der Waals surface area contributed by atoms with E-state index < -0.39 is 0 Å². The van der Waals surface area contributed by atoms with Crippen molar-refractivity contribution in [1.29, 1.82) is 0 Å². The van der Waals surface area contributed by atoms with Gasteiger partial charge in [-0.15, -0.1) is 0 Å². The van der Waals surface area contributed by atoms with Crippen LogP contribution in [0.25, 0.3) is 5.69 Å². The molecule has 3 rings (SSSR count). The van der Waals surface area contributed by atoms with Crippen molar-refractivity contribution in [3.63, 3.8) is 0 Å². The molecule has 0 spiro atoms. The molecule has 0 bridgehead atoms. The van der Waals surface area contributed by atoms with Gasteiger partial charge in [-0.25, -0.2) is 9.78 Å². The lowest BCUT2D eigenvalue weighted by molar-refractivity contribution is 0.113. The molecule has 3 atom stereocenters. The summed E-state index contributed by atoms with van der Waals surface area (Å²) in [5, 5.41) is 13.0. The highest BCUT2D eigenvalue weighted by atomic mass is 16.3. The highest BCUT2D eigenvalue weighted by molar-refractivity contribution is 5.74. The SMILES string of the molecule is CC(NC(=O)N(C)CC1CCCC1O)c1cccc(-n2ccnc2)c1. The lowest BCUT2D eigenvalue weighted by atomic mass is 10.1. The second-order valence-corrected chi connectivity index (χ2v) is 6.87. The Morgan fingerprint density at radius 2 is 2.32 bits per heavy atom. The zero-order valence-corrected chi connectivity index (χ0v) is 14.8. The molecule has 3 unspecified atom stereocenters. The number of urea groups is 1. The van der Waals surface area contributed by atoms with E-state index in [1.54, 1.807) is 24.5 Å². The summed E-state index contributed by atoms with van der Waals surface area (Å²) in [6.45, 7) is 2.57. The molecular weight excluding hydrogens is 316 g/mol. The summed E-state index contributed by atoms with van der Waals surface area (Å²) < 4.78 is 1.94. The van der Waals surface area contributed by atoms with Crippen LogP contribution in [0.1, 0.15) is 37.8 Å². The van der Waals surface area contributed by atoms with Crippen molar-refractivity contribution in [1.82, 2.24) is 19.8 Å². The summed E-state index contributed by atoms with van der Waals surface area (Å²) in [6, 6.07) is 7.82. The first kappa shape index (κ1) is 17.5. The maximum absolute atomic E-state index is 12.5. The fourth-order valence-electron chi connectivity index (χ4n) is 3.41. The smallest absolute Gasteiger partial charge is 0.317 e. The van der Waals surface area contributed by atoms with Crippen molar-refractivity contribution in [2.24, 2.45) is 5.92 Å². The van der Waals surface area contributed by atoms with E-state index >= 15 is 0 Å². The highest BCUT2D eigenvalue weighted by Crippen LogP contribution is 2.26. The fourth-order valence-corrected chi connectivity index (χ4v) is 3.41. The molecule has 1 aromatic carbocycles. The highest BCUT2D eigenvalue weighted by Gasteiger charge is 2.27. The van der Waals surface area contributed by atoms with Crippen molar-refractivity contribution >= 4 is 6.03 Å². The van der Waals surface area contributed by atoms with Crippen molar-refractivity contribution in [2.75, 3.05) is 13.6 Å². The summed E-state index contributed by atoms with van der Waals surface area (Å²) in [6.07, 6.45) is 7.98. The number of hydrogen-bond donors (Lipinski definition) is 2. The summed E-state index contributed by atoms with van der Waals surface area (Å²) in [4.78, 5) is 18.2. The van der Waals surface area contributed by atoms with Gasteiger partial charge in [0, 0.05) is 37.6 Å². The number of nitrogens with zero attached hydrogens (tertiary/aromatic N) is 3. The molecule has 0 aliphatic heterocycles. The van der Waals surface area contributed by atoms with Gasteiger partial charge >= 0.3 is 6.03 Å². The molecular formula is C19H26N4O2. The van der Waals surface area contributed by atoms with Crippen LogP contribution < -0.4 is 5.32 Å². The second kappa shape index (κ2) is 7.70. The number of imidazole rings is 1. The number of carbonyl (C=O) groups excluding carboxylic acids is 1. The molecule has 0 radical (unpaired) electrons. The Hall–Kier alpha value is -2.34. The topological polar surface area (TPSA) is 70.4 Å². The Balaban J connectivity index is 1.60. The lowest BCUT2D eigenvalue weighted by Crippen LogP contribution is -2.42. The number of amides is 2. The van der Waals surface area contributed by atoms with Crippen LogP contribution in [-0.2, 0) is 0 Å². The van der Waals surface area contributed by atoms with Gasteiger partial charge in [0.25, 0.3) is 0 Å². The second-order valence-electron chi connectivity index (χ2n) is 6.87. The van der Waals surface area contributed by atoms with E-state index in [4.69, 9.17) is 0 Å². The first-order valence-electron chi connectivity index (χ1n) is 8.82. The predicted molar refractivity (Wildman–Crippen MR) is 96.5 cm³/mol. The third kappa shape index (κ3) is 4.20. The van der Waals surface area contributed by atoms with E-state index in [-0.39, 0.29) is 24.1 Å². The van der Waals surface area contributed by atoms with Crippen molar-refractivity contribution < 1.29 is 9.90 Å². The number of benzene rings is 1. The monoisotopic (exact) mass is 342 g/mol. The Bertz CT molecular complexity index is 701. The standard InChI is InChI=1S/C19H26N4O2/c1-14(15-5-3-7-17(11-15)23-10-9-20-13-23)21-19(25)22(2)12-16-6-4-8-18(16)24/h3,5,7,9-11,13-14,16,18,24H,4,6,8,12H2,1-2H3,(H,21,25). The molecule has 1 saturated carbocycles. The van der Waals surface area contributed by atoms with Crippen LogP contribution in [0.3, 0.4) is 0 Å². The van der Waals surface area contributed by atoms with E-state index in [1.165, 1.54) is 0 Å². The van der Waals surface area contributed by atoms with Gasteiger partial charge in [0.05, 0.1) is 18.5 Å². The van der Waals surface area contributed by atoms with E-state index in [9.17, 15) is 9.90 Å². The lowest BCUT2D eigenvalue weighted by Gasteiger charge is -2.25. The molecule has 6 heteroatoms. The van der Waals surface area contributed by atoms with Crippen molar-refractivity contribution in [3.8, 4) is 5.69 Å².